The minimum Gasteiger partial charge on any atom is -0.382 e. The lowest BCUT2D eigenvalue weighted by atomic mass is 9.99. The number of nitrogens with one attached hydrogen (secondary N) is 2. The summed E-state index contributed by atoms with van der Waals surface area (Å²) in [5, 5.41) is 11.9. The molecule has 0 spiro atoms. The fraction of sp³-hybridized carbons (Fsp3) is 0.192. The molecule has 0 saturated carbocycles. The van der Waals surface area contributed by atoms with Crippen LogP contribution < -0.4 is 5.32 Å². The fourth-order valence-electron chi connectivity index (χ4n) is 3.60. The molecule has 0 atom stereocenters. The molecule has 31 heavy (non-hydrogen) atoms. The average molecular weight is 411 g/mol. The van der Waals surface area contributed by atoms with E-state index in [2.05, 4.69) is 40.6 Å². The van der Waals surface area contributed by atoms with Gasteiger partial charge in [0.2, 0.25) is 0 Å². The Kier molecular flexibility index (Phi) is 6.34. The van der Waals surface area contributed by atoms with Gasteiger partial charge in [0.25, 0.3) is 0 Å². The van der Waals surface area contributed by atoms with Gasteiger partial charge in [-0.2, -0.15) is 0 Å². The molecule has 2 N–H and O–H groups in total. The van der Waals surface area contributed by atoms with Crippen LogP contribution in [0.5, 0.6) is 0 Å². The first-order valence-electron chi connectivity index (χ1n) is 10.4. The number of hydrogen-bond donors (Lipinski definition) is 2. The third-order valence-electron chi connectivity index (χ3n) is 5.46. The molecule has 0 bridgehead atoms. The zero-order valence-electron chi connectivity index (χ0n) is 17.5. The molecule has 1 fully saturated rings. The minimum absolute atomic E-state index is 0.309. The van der Waals surface area contributed by atoms with Crippen molar-refractivity contribution in [3.63, 3.8) is 0 Å². The summed E-state index contributed by atoms with van der Waals surface area (Å²) in [5.41, 5.74) is 6.21. The third-order valence-corrected chi connectivity index (χ3v) is 5.46. The quantitative estimate of drug-likeness (QED) is 0.540. The second-order valence-corrected chi connectivity index (χ2v) is 7.59. The van der Waals surface area contributed by atoms with E-state index >= 15 is 0 Å². The van der Waals surface area contributed by atoms with Gasteiger partial charge in [-0.05, 0) is 48.2 Å². The standard InChI is InChI=1S/C26H26N4O/c1-18(26(27)24-5-3-4-13-28-24)22-10-14-29-25(17-22)21-8-6-20(7-9-21)19(2)30-23-11-15-31-16-12-23/h3-10,13-14,17,23,27,30H,1-2,11-12,15-16H2. The monoisotopic (exact) mass is 410 g/mol. The zero-order valence-corrected chi connectivity index (χ0v) is 17.5. The molecule has 5 heteroatoms. The summed E-state index contributed by atoms with van der Waals surface area (Å²) in [6.45, 7) is 9.91. The molecule has 0 unspecified atom stereocenters. The van der Waals surface area contributed by atoms with E-state index in [0.717, 1.165) is 54.1 Å². The Morgan fingerprint density at radius 1 is 0.935 bits per heavy atom. The van der Waals surface area contributed by atoms with Crippen molar-refractivity contribution in [3.8, 4) is 11.3 Å². The fourth-order valence-corrected chi connectivity index (χ4v) is 3.60. The van der Waals surface area contributed by atoms with E-state index in [4.69, 9.17) is 10.1 Å². The van der Waals surface area contributed by atoms with Gasteiger partial charge < -0.3 is 10.1 Å². The lowest BCUT2D eigenvalue weighted by molar-refractivity contribution is 0.0819. The van der Waals surface area contributed by atoms with Gasteiger partial charge >= 0.3 is 0 Å². The van der Waals surface area contributed by atoms with Gasteiger partial charge in [-0.25, -0.2) is 0 Å². The Hall–Kier alpha value is -3.57. The van der Waals surface area contributed by atoms with Crippen LogP contribution in [0.4, 0.5) is 0 Å². The number of hydrogen-bond acceptors (Lipinski definition) is 5. The van der Waals surface area contributed by atoms with E-state index in [0.29, 0.717) is 23.0 Å². The highest BCUT2D eigenvalue weighted by atomic mass is 16.5. The van der Waals surface area contributed by atoms with Crippen LogP contribution in [-0.4, -0.2) is 34.9 Å². The van der Waals surface area contributed by atoms with Crippen LogP contribution in [0.3, 0.4) is 0 Å². The maximum Gasteiger partial charge on any atom is 0.0885 e. The summed E-state index contributed by atoms with van der Waals surface area (Å²) in [4.78, 5) is 8.76. The SMILES string of the molecule is C=C(NC1CCOCC1)c1ccc(-c2cc(C(=C)C(=N)c3ccccn3)ccn2)cc1. The van der Waals surface area contributed by atoms with Gasteiger partial charge in [0.15, 0.2) is 0 Å². The molecule has 3 aromatic rings. The van der Waals surface area contributed by atoms with Gasteiger partial charge in [-0.15, -0.1) is 0 Å². The smallest absolute Gasteiger partial charge is 0.0885 e. The summed E-state index contributed by atoms with van der Waals surface area (Å²) in [5.74, 6) is 0. The van der Waals surface area contributed by atoms with Gasteiger partial charge in [0.1, 0.15) is 0 Å². The van der Waals surface area contributed by atoms with Gasteiger partial charge in [0.05, 0.1) is 17.1 Å². The molecule has 0 aliphatic carbocycles. The first kappa shape index (κ1) is 20.7. The van der Waals surface area contributed by atoms with E-state index in [1.807, 2.05) is 42.5 Å². The van der Waals surface area contributed by atoms with Crippen LogP contribution in [-0.2, 0) is 4.74 Å². The van der Waals surface area contributed by atoms with Crippen molar-refractivity contribution in [1.82, 2.24) is 15.3 Å². The number of ether oxygens (including phenoxy) is 1. The highest BCUT2D eigenvalue weighted by Gasteiger charge is 2.15. The number of aromatic nitrogens is 2. The zero-order chi connectivity index (χ0) is 21.6. The summed E-state index contributed by atoms with van der Waals surface area (Å²) in [7, 11) is 0. The van der Waals surface area contributed by atoms with Crippen LogP contribution in [0.15, 0.2) is 80.1 Å². The van der Waals surface area contributed by atoms with Gasteiger partial charge in [-0.3, -0.25) is 15.4 Å². The summed E-state index contributed by atoms with van der Waals surface area (Å²) >= 11 is 0. The molecule has 0 amide bonds. The van der Waals surface area contributed by atoms with Crippen molar-refractivity contribution in [1.29, 1.82) is 5.41 Å². The summed E-state index contributed by atoms with van der Waals surface area (Å²) in [6.07, 6.45) is 5.44. The van der Waals surface area contributed by atoms with Crippen molar-refractivity contribution in [2.75, 3.05) is 13.2 Å². The second kappa shape index (κ2) is 9.49. The number of rotatable bonds is 7. The first-order chi connectivity index (χ1) is 15.1. The van der Waals surface area contributed by atoms with Crippen LogP contribution >= 0.6 is 0 Å². The van der Waals surface area contributed by atoms with Gasteiger partial charge in [0, 0.05) is 48.5 Å². The number of allylic oxidation sites excluding steroid dienone is 1. The Labute approximate surface area is 183 Å². The van der Waals surface area contributed by atoms with Gasteiger partial charge in [-0.1, -0.05) is 43.5 Å². The van der Waals surface area contributed by atoms with E-state index in [-0.39, 0.29) is 0 Å². The Morgan fingerprint density at radius 2 is 1.71 bits per heavy atom. The average Bonchev–Trinajstić information content (AvgIpc) is 2.84. The minimum atomic E-state index is 0.309. The van der Waals surface area contributed by atoms with Crippen molar-refractivity contribution >= 4 is 17.0 Å². The van der Waals surface area contributed by atoms with Crippen molar-refractivity contribution in [3.05, 3.63) is 97.0 Å². The van der Waals surface area contributed by atoms with Crippen LogP contribution in [0.25, 0.3) is 22.5 Å². The molecule has 5 nitrogen and oxygen atoms in total. The highest BCUT2D eigenvalue weighted by molar-refractivity contribution is 6.29. The molecule has 1 aliphatic heterocycles. The Bertz CT molecular complexity index is 1080. The molecule has 4 rings (SSSR count). The van der Waals surface area contributed by atoms with E-state index in [1.165, 1.54) is 0 Å². The van der Waals surface area contributed by atoms with Crippen molar-refractivity contribution < 1.29 is 4.74 Å². The lowest BCUT2D eigenvalue weighted by Gasteiger charge is -2.25. The number of pyridine rings is 2. The maximum atomic E-state index is 8.42. The molecule has 3 heterocycles. The third kappa shape index (κ3) is 4.95. The van der Waals surface area contributed by atoms with Crippen LogP contribution in [0.1, 0.15) is 29.7 Å². The molecule has 156 valence electrons. The van der Waals surface area contributed by atoms with Crippen molar-refractivity contribution in [2.24, 2.45) is 0 Å². The van der Waals surface area contributed by atoms with E-state index in [9.17, 15) is 0 Å². The first-order valence-corrected chi connectivity index (χ1v) is 10.4. The predicted molar refractivity (Wildman–Crippen MR) is 126 cm³/mol. The van der Waals surface area contributed by atoms with Crippen LogP contribution in [0, 0.1) is 5.41 Å². The maximum absolute atomic E-state index is 8.42. The summed E-state index contributed by atoms with van der Waals surface area (Å²) < 4.78 is 5.42. The molecular weight excluding hydrogens is 384 g/mol. The normalized spacial score (nSPS) is 14.1. The molecule has 0 radical (unpaired) electrons. The van der Waals surface area contributed by atoms with Crippen molar-refractivity contribution in [2.45, 2.75) is 18.9 Å². The number of nitrogens with zero attached hydrogens (tertiary/aromatic N) is 2. The molecule has 1 saturated heterocycles. The summed E-state index contributed by atoms with van der Waals surface area (Å²) in [6, 6.07) is 18.0. The largest absolute Gasteiger partial charge is 0.382 e. The molecule has 1 aromatic carbocycles. The Balaban J connectivity index is 1.48. The Morgan fingerprint density at radius 3 is 2.42 bits per heavy atom. The molecule has 1 aliphatic rings. The highest BCUT2D eigenvalue weighted by Crippen LogP contribution is 2.24. The predicted octanol–water partition coefficient (Wildman–Crippen LogP) is 4.96. The lowest BCUT2D eigenvalue weighted by Crippen LogP contribution is -2.33. The molecular formula is C26H26N4O. The van der Waals surface area contributed by atoms with E-state index in [1.54, 1.807) is 12.4 Å². The molecule has 2 aromatic heterocycles. The topological polar surface area (TPSA) is 70.9 Å². The number of benzene rings is 1. The van der Waals surface area contributed by atoms with Crippen LogP contribution in [0.2, 0.25) is 0 Å². The van der Waals surface area contributed by atoms with E-state index < -0.39 is 0 Å². The second-order valence-electron chi connectivity index (χ2n) is 7.59.